The monoisotopic (exact) mass is 331 g/mol. The van der Waals surface area contributed by atoms with Gasteiger partial charge in [-0.3, -0.25) is 9.59 Å². The van der Waals surface area contributed by atoms with Crippen LogP contribution in [0.4, 0.5) is 0 Å². The summed E-state index contributed by atoms with van der Waals surface area (Å²) < 4.78 is 5.42. The van der Waals surface area contributed by atoms with Crippen molar-refractivity contribution in [1.29, 1.82) is 0 Å². The van der Waals surface area contributed by atoms with Crippen molar-refractivity contribution in [3.8, 4) is 0 Å². The predicted octanol–water partition coefficient (Wildman–Crippen LogP) is 3.71. The Bertz CT molecular complexity index is 927. The molecule has 2 heterocycles. The number of carbonyl (C=O) groups excluding carboxylic acids is 2. The van der Waals surface area contributed by atoms with Crippen molar-refractivity contribution in [1.82, 2.24) is 4.90 Å². The predicted molar refractivity (Wildman–Crippen MR) is 93.5 cm³/mol. The first-order chi connectivity index (χ1) is 12.2. The lowest BCUT2D eigenvalue weighted by atomic mass is 9.97. The van der Waals surface area contributed by atoms with Crippen LogP contribution in [-0.2, 0) is 13.0 Å². The highest BCUT2D eigenvalue weighted by Crippen LogP contribution is 2.23. The number of furan rings is 1. The number of fused-ring (bicyclic) bond motifs is 1. The molecular formula is C21H17NO3. The third kappa shape index (κ3) is 2.87. The normalized spacial score (nSPS) is 13.4. The average Bonchev–Trinajstić information content (AvgIpc) is 3.15. The summed E-state index contributed by atoms with van der Waals surface area (Å²) >= 11 is 0. The number of hydrogen-bond donors (Lipinski definition) is 0. The zero-order valence-corrected chi connectivity index (χ0v) is 13.6. The highest BCUT2D eigenvalue weighted by atomic mass is 16.3. The molecule has 2 aromatic carbocycles. The van der Waals surface area contributed by atoms with Crippen LogP contribution < -0.4 is 0 Å². The van der Waals surface area contributed by atoms with Crippen LogP contribution in [0.15, 0.2) is 71.3 Å². The van der Waals surface area contributed by atoms with Crippen LogP contribution in [0.1, 0.15) is 37.6 Å². The molecule has 1 aliphatic rings. The van der Waals surface area contributed by atoms with Crippen molar-refractivity contribution >= 4 is 11.7 Å². The number of benzene rings is 2. The smallest absolute Gasteiger partial charge is 0.254 e. The van der Waals surface area contributed by atoms with Gasteiger partial charge < -0.3 is 9.32 Å². The Kier molecular flexibility index (Phi) is 3.94. The first-order valence-corrected chi connectivity index (χ1v) is 8.27. The number of hydrogen-bond acceptors (Lipinski definition) is 3. The molecule has 124 valence electrons. The van der Waals surface area contributed by atoms with E-state index < -0.39 is 0 Å². The zero-order valence-electron chi connectivity index (χ0n) is 13.6. The van der Waals surface area contributed by atoms with Crippen molar-refractivity contribution in [2.24, 2.45) is 0 Å². The van der Waals surface area contributed by atoms with Gasteiger partial charge in [-0.2, -0.15) is 0 Å². The van der Waals surface area contributed by atoms with E-state index in [2.05, 4.69) is 0 Å². The maximum absolute atomic E-state index is 13.0. The molecule has 4 heteroatoms. The Morgan fingerprint density at radius 2 is 1.60 bits per heavy atom. The second kappa shape index (κ2) is 6.40. The van der Waals surface area contributed by atoms with E-state index in [0.717, 1.165) is 11.3 Å². The quantitative estimate of drug-likeness (QED) is 0.688. The Labute approximate surface area is 145 Å². The minimum Gasteiger partial charge on any atom is -0.469 e. The average molecular weight is 331 g/mol. The van der Waals surface area contributed by atoms with Gasteiger partial charge in [-0.05, 0) is 12.1 Å². The maximum atomic E-state index is 13.0. The molecule has 0 radical (unpaired) electrons. The van der Waals surface area contributed by atoms with Gasteiger partial charge in [0.1, 0.15) is 5.76 Å². The first-order valence-electron chi connectivity index (χ1n) is 8.27. The minimum absolute atomic E-state index is 0.119. The summed E-state index contributed by atoms with van der Waals surface area (Å²) in [6, 6.07) is 18.0. The Balaban J connectivity index is 1.65. The van der Waals surface area contributed by atoms with Crippen molar-refractivity contribution in [3.05, 3.63) is 94.9 Å². The van der Waals surface area contributed by atoms with Gasteiger partial charge in [0.2, 0.25) is 0 Å². The van der Waals surface area contributed by atoms with Crippen LogP contribution in [0, 0.1) is 0 Å². The van der Waals surface area contributed by atoms with Gasteiger partial charge in [-0.1, -0.05) is 48.5 Å². The fourth-order valence-corrected chi connectivity index (χ4v) is 3.20. The summed E-state index contributed by atoms with van der Waals surface area (Å²) in [4.78, 5) is 27.6. The molecule has 25 heavy (non-hydrogen) atoms. The molecule has 0 spiro atoms. The van der Waals surface area contributed by atoms with Crippen LogP contribution in [-0.4, -0.2) is 23.1 Å². The Hall–Kier alpha value is -3.14. The number of amides is 1. The molecule has 4 nitrogen and oxygen atoms in total. The SMILES string of the molecule is O=C(c1ccccc1)c1ccccc1C(=O)N1CCc2occc2C1. The van der Waals surface area contributed by atoms with E-state index in [1.165, 1.54) is 0 Å². The molecule has 1 aliphatic heterocycles. The fraction of sp³-hybridized carbons (Fsp3) is 0.143. The molecule has 1 amide bonds. The summed E-state index contributed by atoms with van der Waals surface area (Å²) in [7, 11) is 0. The van der Waals surface area contributed by atoms with E-state index in [0.29, 0.717) is 36.2 Å². The lowest BCUT2D eigenvalue weighted by Gasteiger charge is -2.27. The molecule has 0 saturated carbocycles. The highest BCUT2D eigenvalue weighted by molar-refractivity contribution is 6.15. The molecule has 0 aliphatic carbocycles. The number of nitrogens with zero attached hydrogens (tertiary/aromatic N) is 1. The van der Waals surface area contributed by atoms with Crippen molar-refractivity contribution in [2.45, 2.75) is 13.0 Å². The molecule has 0 fully saturated rings. The van der Waals surface area contributed by atoms with E-state index in [1.807, 2.05) is 24.3 Å². The van der Waals surface area contributed by atoms with E-state index >= 15 is 0 Å². The molecular weight excluding hydrogens is 314 g/mol. The van der Waals surface area contributed by atoms with Gasteiger partial charge in [0, 0.05) is 36.2 Å². The molecule has 0 bridgehead atoms. The minimum atomic E-state index is -0.134. The van der Waals surface area contributed by atoms with Crippen molar-refractivity contribution in [2.75, 3.05) is 6.54 Å². The molecule has 0 unspecified atom stereocenters. The lowest BCUT2D eigenvalue weighted by molar-refractivity contribution is 0.0726. The molecule has 3 aromatic rings. The maximum Gasteiger partial charge on any atom is 0.254 e. The van der Waals surface area contributed by atoms with E-state index in [1.54, 1.807) is 47.6 Å². The van der Waals surface area contributed by atoms with E-state index in [9.17, 15) is 9.59 Å². The van der Waals surface area contributed by atoms with E-state index in [4.69, 9.17) is 4.42 Å². The molecule has 0 N–H and O–H groups in total. The van der Waals surface area contributed by atoms with Crippen molar-refractivity contribution in [3.63, 3.8) is 0 Å². The van der Waals surface area contributed by atoms with Crippen LogP contribution >= 0.6 is 0 Å². The van der Waals surface area contributed by atoms with Crippen molar-refractivity contribution < 1.29 is 14.0 Å². The van der Waals surface area contributed by atoms with E-state index in [-0.39, 0.29) is 11.7 Å². The summed E-state index contributed by atoms with van der Waals surface area (Å²) in [5, 5.41) is 0. The summed E-state index contributed by atoms with van der Waals surface area (Å²) in [5.74, 6) is 0.690. The largest absolute Gasteiger partial charge is 0.469 e. The van der Waals surface area contributed by atoms with Gasteiger partial charge in [0.05, 0.1) is 11.8 Å². The highest BCUT2D eigenvalue weighted by Gasteiger charge is 2.26. The third-order valence-corrected chi connectivity index (χ3v) is 4.53. The lowest BCUT2D eigenvalue weighted by Crippen LogP contribution is -2.36. The van der Waals surface area contributed by atoms with Gasteiger partial charge in [0.15, 0.2) is 5.78 Å². The van der Waals surface area contributed by atoms with Crippen LogP contribution in [0.2, 0.25) is 0 Å². The Morgan fingerprint density at radius 3 is 2.40 bits per heavy atom. The van der Waals surface area contributed by atoms with Crippen LogP contribution in [0.3, 0.4) is 0 Å². The molecule has 4 rings (SSSR count). The summed E-state index contributed by atoms with van der Waals surface area (Å²) in [6.45, 7) is 1.10. The molecule has 0 saturated heterocycles. The zero-order chi connectivity index (χ0) is 17.2. The summed E-state index contributed by atoms with van der Waals surface area (Å²) in [6.07, 6.45) is 2.36. The van der Waals surface area contributed by atoms with Gasteiger partial charge in [-0.25, -0.2) is 0 Å². The third-order valence-electron chi connectivity index (χ3n) is 4.53. The second-order valence-electron chi connectivity index (χ2n) is 6.09. The van der Waals surface area contributed by atoms with Crippen LogP contribution in [0.5, 0.6) is 0 Å². The van der Waals surface area contributed by atoms with Gasteiger partial charge in [0.25, 0.3) is 5.91 Å². The van der Waals surface area contributed by atoms with Crippen LogP contribution in [0.25, 0.3) is 0 Å². The molecule has 0 atom stereocenters. The topological polar surface area (TPSA) is 50.5 Å². The second-order valence-corrected chi connectivity index (χ2v) is 6.09. The standard InChI is InChI=1S/C21H17NO3/c23-20(15-6-2-1-3-7-15)17-8-4-5-9-18(17)21(24)22-12-10-19-16(14-22)11-13-25-19/h1-9,11,13H,10,12,14H2. The number of carbonyl (C=O) groups is 2. The Morgan fingerprint density at radius 1 is 0.880 bits per heavy atom. The summed E-state index contributed by atoms with van der Waals surface area (Å²) in [5.41, 5.74) is 2.50. The van der Waals surface area contributed by atoms with Gasteiger partial charge in [-0.15, -0.1) is 0 Å². The molecule has 1 aromatic heterocycles. The number of ketones is 1. The first kappa shape index (κ1) is 15.4. The fourth-order valence-electron chi connectivity index (χ4n) is 3.20. The number of rotatable bonds is 3. The van der Waals surface area contributed by atoms with Gasteiger partial charge >= 0.3 is 0 Å².